The first-order chi connectivity index (χ1) is 16.9. The minimum atomic E-state index is -0.924. The number of nitrogens with zero attached hydrogens (tertiary/aromatic N) is 3. The first-order valence-corrected chi connectivity index (χ1v) is 12.0. The van der Waals surface area contributed by atoms with Crippen LogP contribution < -0.4 is 4.90 Å². The molecule has 1 aromatic carbocycles. The number of ether oxygens (including phenoxy) is 3. The van der Waals surface area contributed by atoms with E-state index in [2.05, 4.69) is 16.2 Å². The Morgan fingerprint density at radius 2 is 1.69 bits per heavy atom. The Labute approximate surface area is 211 Å². The number of anilines is 1. The van der Waals surface area contributed by atoms with Crippen molar-refractivity contribution in [1.82, 2.24) is 9.80 Å². The zero-order valence-corrected chi connectivity index (χ0v) is 21.7. The Morgan fingerprint density at radius 3 is 2.28 bits per heavy atom. The quantitative estimate of drug-likeness (QED) is 0.433. The summed E-state index contributed by atoms with van der Waals surface area (Å²) in [6.45, 7) is 12.1. The number of carbonyl (C=O) groups is 4. The van der Waals surface area contributed by atoms with Crippen LogP contribution in [-0.2, 0) is 23.8 Å². The molecule has 2 aliphatic rings. The SMILES string of the molecule is C=C1CN(C(CCC(=O)OC)C(=O)OC)C(=O)c2ccc(N3CCN(C(=O)OC(C)(C)C)CC3)cc21. The highest BCUT2D eigenvalue weighted by atomic mass is 16.6. The van der Waals surface area contributed by atoms with Crippen LogP contribution >= 0.6 is 0 Å². The van der Waals surface area contributed by atoms with Crippen LogP contribution in [0.3, 0.4) is 0 Å². The first-order valence-electron chi connectivity index (χ1n) is 12.0. The van der Waals surface area contributed by atoms with E-state index in [1.54, 1.807) is 11.0 Å². The predicted octanol–water partition coefficient (Wildman–Crippen LogP) is 2.71. The third-order valence-corrected chi connectivity index (χ3v) is 6.23. The van der Waals surface area contributed by atoms with Gasteiger partial charge in [0.05, 0.1) is 14.2 Å². The zero-order chi connectivity index (χ0) is 26.6. The number of fused-ring (bicyclic) bond motifs is 1. The Morgan fingerprint density at radius 1 is 1.03 bits per heavy atom. The summed E-state index contributed by atoms with van der Waals surface area (Å²) in [7, 11) is 2.52. The number of esters is 2. The molecule has 0 aromatic heterocycles. The molecular formula is C26H35N3O7. The molecule has 1 unspecified atom stereocenters. The number of piperazine rings is 1. The molecule has 0 spiro atoms. The lowest BCUT2D eigenvalue weighted by Gasteiger charge is -2.38. The van der Waals surface area contributed by atoms with Gasteiger partial charge in [0.2, 0.25) is 0 Å². The fraction of sp³-hybridized carbons (Fsp3) is 0.538. The van der Waals surface area contributed by atoms with E-state index in [0.29, 0.717) is 37.3 Å². The third kappa shape index (κ3) is 6.16. The smallest absolute Gasteiger partial charge is 0.410 e. The molecule has 10 heteroatoms. The van der Waals surface area contributed by atoms with E-state index in [0.717, 1.165) is 11.3 Å². The molecule has 1 saturated heterocycles. The molecule has 196 valence electrons. The standard InChI is InChI=1S/C26H35N3O7/c1-17-16-29(21(24(32)35-6)9-10-22(30)34-5)23(31)19-8-7-18(15-20(17)19)27-11-13-28(14-12-27)25(33)36-26(2,3)4/h7-8,15,21H,1,9-14,16H2,2-6H3. The number of methoxy groups -OCH3 is 2. The summed E-state index contributed by atoms with van der Waals surface area (Å²) in [4.78, 5) is 55.0. The number of rotatable bonds is 6. The summed E-state index contributed by atoms with van der Waals surface area (Å²) < 4.78 is 15.0. The van der Waals surface area contributed by atoms with Crippen LogP contribution in [0.5, 0.6) is 0 Å². The number of hydrogen-bond donors (Lipinski definition) is 0. The molecule has 0 N–H and O–H groups in total. The summed E-state index contributed by atoms with van der Waals surface area (Å²) in [5.74, 6) is -1.38. The lowest BCUT2D eigenvalue weighted by Crippen LogP contribution is -2.50. The fourth-order valence-corrected chi connectivity index (χ4v) is 4.34. The Kier molecular flexibility index (Phi) is 8.27. The molecule has 0 radical (unpaired) electrons. The Bertz CT molecular complexity index is 1040. The summed E-state index contributed by atoms with van der Waals surface area (Å²) in [5.41, 5.74) is 2.23. The van der Waals surface area contributed by atoms with Gasteiger partial charge < -0.3 is 28.9 Å². The molecule has 1 fully saturated rings. The van der Waals surface area contributed by atoms with Crippen molar-refractivity contribution >= 4 is 35.2 Å². The highest BCUT2D eigenvalue weighted by Gasteiger charge is 2.37. The maximum atomic E-state index is 13.3. The van der Waals surface area contributed by atoms with E-state index in [9.17, 15) is 19.2 Å². The molecular weight excluding hydrogens is 466 g/mol. The number of hydrogen-bond acceptors (Lipinski definition) is 8. The molecule has 1 atom stereocenters. The molecule has 2 heterocycles. The van der Waals surface area contributed by atoms with Crippen LogP contribution in [0.25, 0.3) is 5.57 Å². The topological polar surface area (TPSA) is 106 Å². The number of carbonyl (C=O) groups excluding carboxylic acids is 4. The van der Waals surface area contributed by atoms with Gasteiger partial charge in [-0.2, -0.15) is 0 Å². The van der Waals surface area contributed by atoms with Crippen molar-refractivity contribution in [3.05, 3.63) is 35.9 Å². The molecule has 10 nitrogen and oxygen atoms in total. The van der Waals surface area contributed by atoms with Crippen LogP contribution in [0.2, 0.25) is 0 Å². The van der Waals surface area contributed by atoms with E-state index >= 15 is 0 Å². The summed E-state index contributed by atoms with van der Waals surface area (Å²) >= 11 is 0. The zero-order valence-electron chi connectivity index (χ0n) is 21.7. The van der Waals surface area contributed by atoms with Gasteiger partial charge in [-0.1, -0.05) is 6.58 Å². The molecule has 0 bridgehead atoms. The van der Waals surface area contributed by atoms with Gasteiger partial charge in [-0.25, -0.2) is 9.59 Å². The van der Waals surface area contributed by atoms with Gasteiger partial charge in [0, 0.05) is 50.4 Å². The third-order valence-electron chi connectivity index (χ3n) is 6.23. The van der Waals surface area contributed by atoms with Crippen LogP contribution in [0.1, 0.15) is 49.5 Å². The van der Waals surface area contributed by atoms with Crippen LogP contribution in [-0.4, -0.2) is 92.3 Å². The first kappa shape index (κ1) is 27.0. The Hall–Kier alpha value is -3.56. The molecule has 3 rings (SSSR count). The second-order valence-electron chi connectivity index (χ2n) is 9.87. The van der Waals surface area contributed by atoms with E-state index in [1.165, 1.54) is 19.1 Å². The largest absolute Gasteiger partial charge is 0.469 e. The van der Waals surface area contributed by atoms with Crippen molar-refractivity contribution in [3.8, 4) is 0 Å². The van der Waals surface area contributed by atoms with Gasteiger partial charge in [0.25, 0.3) is 5.91 Å². The van der Waals surface area contributed by atoms with Crippen molar-refractivity contribution < 1.29 is 33.4 Å². The van der Waals surface area contributed by atoms with Gasteiger partial charge in [0.1, 0.15) is 11.6 Å². The van der Waals surface area contributed by atoms with Crippen molar-refractivity contribution in [3.63, 3.8) is 0 Å². The minimum absolute atomic E-state index is 0.0202. The maximum absolute atomic E-state index is 13.3. The van der Waals surface area contributed by atoms with E-state index in [1.807, 2.05) is 32.9 Å². The molecule has 2 amide bonds. The number of benzene rings is 1. The Balaban J connectivity index is 1.73. The van der Waals surface area contributed by atoms with Gasteiger partial charge in [0.15, 0.2) is 0 Å². The van der Waals surface area contributed by atoms with Gasteiger partial charge >= 0.3 is 18.0 Å². The second-order valence-corrected chi connectivity index (χ2v) is 9.87. The predicted molar refractivity (Wildman–Crippen MR) is 134 cm³/mol. The van der Waals surface area contributed by atoms with Crippen molar-refractivity contribution in [2.75, 3.05) is 51.8 Å². The summed E-state index contributed by atoms with van der Waals surface area (Å²) in [5, 5.41) is 0. The second kappa shape index (κ2) is 11.0. The van der Waals surface area contributed by atoms with Gasteiger partial charge in [-0.15, -0.1) is 0 Å². The van der Waals surface area contributed by atoms with E-state index in [-0.39, 0.29) is 31.4 Å². The summed E-state index contributed by atoms with van der Waals surface area (Å²) in [6, 6.07) is 4.60. The van der Waals surface area contributed by atoms with Crippen molar-refractivity contribution in [2.45, 2.75) is 45.3 Å². The van der Waals surface area contributed by atoms with E-state index in [4.69, 9.17) is 9.47 Å². The van der Waals surface area contributed by atoms with Crippen molar-refractivity contribution in [2.24, 2.45) is 0 Å². The highest BCUT2D eigenvalue weighted by molar-refractivity contribution is 6.05. The molecule has 2 aliphatic heterocycles. The summed E-state index contributed by atoms with van der Waals surface area (Å²) in [6.07, 6.45) is -0.250. The lowest BCUT2D eigenvalue weighted by atomic mass is 9.92. The molecule has 36 heavy (non-hydrogen) atoms. The van der Waals surface area contributed by atoms with Crippen molar-refractivity contribution in [1.29, 1.82) is 0 Å². The normalized spacial score (nSPS) is 16.9. The van der Waals surface area contributed by atoms with Crippen LogP contribution in [0.4, 0.5) is 10.5 Å². The average molecular weight is 502 g/mol. The maximum Gasteiger partial charge on any atom is 0.410 e. The monoisotopic (exact) mass is 501 g/mol. The molecule has 0 saturated carbocycles. The number of amides is 2. The lowest BCUT2D eigenvalue weighted by molar-refractivity contribution is -0.147. The van der Waals surface area contributed by atoms with Gasteiger partial charge in [-0.05, 0) is 56.5 Å². The van der Waals surface area contributed by atoms with E-state index < -0.39 is 23.6 Å². The average Bonchev–Trinajstić information content (AvgIpc) is 2.85. The highest BCUT2D eigenvalue weighted by Crippen LogP contribution is 2.32. The molecule has 0 aliphatic carbocycles. The minimum Gasteiger partial charge on any atom is -0.469 e. The van der Waals surface area contributed by atoms with Crippen LogP contribution in [0, 0.1) is 0 Å². The van der Waals surface area contributed by atoms with Crippen LogP contribution in [0.15, 0.2) is 24.8 Å². The van der Waals surface area contributed by atoms with Gasteiger partial charge in [-0.3, -0.25) is 9.59 Å². The molecule has 1 aromatic rings. The fourth-order valence-electron chi connectivity index (χ4n) is 4.34.